The van der Waals surface area contributed by atoms with Gasteiger partial charge in [0.1, 0.15) is 0 Å². The largest absolute Gasteiger partial charge is 0.306 e. The minimum atomic E-state index is 0.713. The number of hydrogen-bond acceptors (Lipinski definition) is 1. The van der Waals surface area contributed by atoms with E-state index in [1.165, 1.54) is 12.8 Å². The van der Waals surface area contributed by atoms with Crippen LogP contribution in [0.4, 0.5) is 0 Å². The summed E-state index contributed by atoms with van der Waals surface area (Å²) >= 11 is 0. The highest BCUT2D eigenvalue weighted by Crippen LogP contribution is 2.27. The van der Waals surface area contributed by atoms with E-state index in [1.54, 1.807) is 11.1 Å². The predicted molar refractivity (Wildman–Crippen MR) is 60.5 cm³/mol. The third-order valence-electron chi connectivity index (χ3n) is 3.41. The maximum Gasteiger partial charge on any atom is 0.0158 e. The Labute approximate surface area is 86.7 Å². The van der Waals surface area contributed by atoms with Crippen LogP contribution in [0.25, 0.3) is 0 Å². The summed E-state index contributed by atoms with van der Waals surface area (Å²) in [6.07, 6.45) is 2.45. The molecule has 2 rings (SSSR count). The molecule has 0 aliphatic heterocycles. The van der Waals surface area contributed by atoms with Gasteiger partial charge in [-0.1, -0.05) is 31.2 Å². The van der Waals surface area contributed by atoms with Crippen molar-refractivity contribution >= 4 is 0 Å². The second-order valence-electron chi connectivity index (χ2n) is 4.69. The SMILES string of the molecule is CC1Cc2ccccc2CC1N(C)C. The normalized spacial score (nSPS) is 26.3. The molecule has 2 atom stereocenters. The first kappa shape index (κ1) is 9.72. The van der Waals surface area contributed by atoms with Crippen molar-refractivity contribution in [3.8, 4) is 0 Å². The molecular formula is C13H19N. The van der Waals surface area contributed by atoms with Gasteiger partial charge in [-0.25, -0.2) is 0 Å². The standard InChI is InChI=1S/C13H19N/c1-10-8-11-6-4-5-7-12(11)9-13(10)14(2)3/h4-7,10,13H,8-9H2,1-3H3. The van der Waals surface area contributed by atoms with E-state index >= 15 is 0 Å². The molecule has 2 unspecified atom stereocenters. The van der Waals surface area contributed by atoms with Gasteiger partial charge in [-0.2, -0.15) is 0 Å². The molecule has 14 heavy (non-hydrogen) atoms. The lowest BCUT2D eigenvalue weighted by molar-refractivity contribution is 0.207. The fourth-order valence-corrected chi connectivity index (χ4v) is 2.56. The Morgan fingerprint density at radius 1 is 1.07 bits per heavy atom. The summed E-state index contributed by atoms with van der Waals surface area (Å²) in [5.74, 6) is 0.778. The molecular weight excluding hydrogens is 170 g/mol. The van der Waals surface area contributed by atoms with Gasteiger partial charge in [0.25, 0.3) is 0 Å². The first-order chi connectivity index (χ1) is 6.68. The lowest BCUT2D eigenvalue weighted by atomic mass is 9.81. The van der Waals surface area contributed by atoms with Crippen molar-refractivity contribution < 1.29 is 0 Å². The van der Waals surface area contributed by atoms with Crippen LogP contribution in [0.15, 0.2) is 24.3 Å². The fraction of sp³-hybridized carbons (Fsp3) is 0.538. The number of nitrogens with zero attached hydrogens (tertiary/aromatic N) is 1. The summed E-state index contributed by atoms with van der Waals surface area (Å²) in [7, 11) is 4.38. The molecule has 1 aromatic rings. The Balaban J connectivity index is 2.27. The quantitative estimate of drug-likeness (QED) is 0.655. The van der Waals surface area contributed by atoms with Crippen molar-refractivity contribution in [1.29, 1.82) is 0 Å². The van der Waals surface area contributed by atoms with E-state index in [1.807, 2.05) is 0 Å². The van der Waals surface area contributed by atoms with Crippen LogP contribution in [0.3, 0.4) is 0 Å². The number of likely N-dealkylation sites (N-methyl/N-ethyl adjacent to an activating group) is 1. The summed E-state index contributed by atoms with van der Waals surface area (Å²) in [6.45, 7) is 2.36. The zero-order valence-electron chi connectivity index (χ0n) is 9.33. The van der Waals surface area contributed by atoms with Gasteiger partial charge in [-0.3, -0.25) is 0 Å². The van der Waals surface area contributed by atoms with Crippen LogP contribution in [-0.2, 0) is 12.8 Å². The van der Waals surface area contributed by atoms with Crippen molar-refractivity contribution in [2.24, 2.45) is 5.92 Å². The van der Waals surface area contributed by atoms with Crippen LogP contribution in [-0.4, -0.2) is 25.0 Å². The molecule has 1 aliphatic rings. The van der Waals surface area contributed by atoms with Gasteiger partial charge in [0.05, 0.1) is 0 Å². The van der Waals surface area contributed by atoms with E-state index in [0.29, 0.717) is 6.04 Å². The molecule has 0 saturated heterocycles. The molecule has 1 nitrogen and oxygen atoms in total. The van der Waals surface area contributed by atoms with Crippen LogP contribution in [0.1, 0.15) is 18.1 Å². The topological polar surface area (TPSA) is 3.24 Å². The average molecular weight is 189 g/mol. The molecule has 0 N–H and O–H groups in total. The Kier molecular flexibility index (Phi) is 2.60. The second-order valence-corrected chi connectivity index (χ2v) is 4.69. The maximum atomic E-state index is 2.36. The van der Waals surface area contributed by atoms with Crippen LogP contribution >= 0.6 is 0 Å². The Morgan fingerprint density at radius 2 is 1.64 bits per heavy atom. The zero-order valence-corrected chi connectivity index (χ0v) is 9.33. The molecule has 1 aliphatic carbocycles. The monoisotopic (exact) mass is 189 g/mol. The predicted octanol–water partition coefficient (Wildman–Crippen LogP) is 2.35. The summed E-state index contributed by atoms with van der Waals surface area (Å²) < 4.78 is 0. The third kappa shape index (κ3) is 1.69. The van der Waals surface area contributed by atoms with Gasteiger partial charge in [0, 0.05) is 6.04 Å². The number of rotatable bonds is 1. The zero-order chi connectivity index (χ0) is 10.1. The number of benzene rings is 1. The summed E-state index contributed by atoms with van der Waals surface area (Å²) in [6, 6.07) is 9.57. The van der Waals surface area contributed by atoms with Crippen molar-refractivity contribution in [3.63, 3.8) is 0 Å². The Bertz CT molecular complexity index is 317. The van der Waals surface area contributed by atoms with E-state index in [9.17, 15) is 0 Å². The minimum absolute atomic E-state index is 0.713. The van der Waals surface area contributed by atoms with Gasteiger partial charge < -0.3 is 4.90 Å². The second kappa shape index (κ2) is 3.74. The summed E-state index contributed by atoms with van der Waals surface area (Å²) in [4.78, 5) is 2.36. The lowest BCUT2D eigenvalue weighted by Crippen LogP contribution is -2.39. The first-order valence-corrected chi connectivity index (χ1v) is 5.41. The molecule has 0 bridgehead atoms. The molecule has 0 spiro atoms. The summed E-state index contributed by atoms with van der Waals surface area (Å²) in [5, 5.41) is 0. The minimum Gasteiger partial charge on any atom is -0.306 e. The van der Waals surface area contributed by atoms with Gasteiger partial charge in [-0.05, 0) is 44.0 Å². The van der Waals surface area contributed by atoms with Gasteiger partial charge in [0.15, 0.2) is 0 Å². The van der Waals surface area contributed by atoms with Gasteiger partial charge in [-0.15, -0.1) is 0 Å². The molecule has 0 fully saturated rings. The molecule has 0 heterocycles. The molecule has 76 valence electrons. The van der Waals surface area contributed by atoms with Gasteiger partial charge >= 0.3 is 0 Å². The molecule has 1 heteroatoms. The van der Waals surface area contributed by atoms with Crippen molar-refractivity contribution in [3.05, 3.63) is 35.4 Å². The highest BCUT2D eigenvalue weighted by molar-refractivity contribution is 5.31. The van der Waals surface area contributed by atoms with E-state index < -0.39 is 0 Å². The van der Waals surface area contributed by atoms with E-state index in [0.717, 1.165) is 5.92 Å². The lowest BCUT2D eigenvalue weighted by Gasteiger charge is -2.35. The van der Waals surface area contributed by atoms with Crippen LogP contribution in [0.2, 0.25) is 0 Å². The maximum absolute atomic E-state index is 2.36. The van der Waals surface area contributed by atoms with Crippen molar-refractivity contribution in [1.82, 2.24) is 4.90 Å². The van der Waals surface area contributed by atoms with Crippen molar-refractivity contribution in [2.45, 2.75) is 25.8 Å². The molecule has 0 radical (unpaired) electrons. The molecule has 0 amide bonds. The fourth-order valence-electron chi connectivity index (χ4n) is 2.56. The Morgan fingerprint density at radius 3 is 2.21 bits per heavy atom. The number of hydrogen-bond donors (Lipinski definition) is 0. The number of fused-ring (bicyclic) bond motifs is 1. The summed E-state index contributed by atoms with van der Waals surface area (Å²) in [5.41, 5.74) is 3.10. The van der Waals surface area contributed by atoms with Crippen LogP contribution in [0.5, 0.6) is 0 Å². The molecule has 0 saturated carbocycles. The van der Waals surface area contributed by atoms with E-state index in [2.05, 4.69) is 50.2 Å². The first-order valence-electron chi connectivity index (χ1n) is 5.41. The van der Waals surface area contributed by atoms with Gasteiger partial charge in [0.2, 0.25) is 0 Å². The smallest absolute Gasteiger partial charge is 0.0158 e. The molecule has 0 aromatic heterocycles. The van der Waals surface area contributed by atoms with E-state index in [-0.39, 0.29) is 0 Å². The highest BCUT2D eigenvalue weighted by atomic mass is 15.1. The average Bonchev–Trinajstić information content (AvgIpc) is 2.16. The highest BCUT2D eigenvalue weighted by Gasteiger charge is 2.25. The van der Waals surface area contributed by atoms with Crippen LogP contribution < -0.4 is 0 Å². The van der Waals surface area contributed by atoms with E-state index in [4.69, 9.17) is 0 Å². The molecule has 1 aromatic carbocycles. The van der Waals surface area contributed by atoms with Crippen molar-refractivity contribution in [2.75, 3.05) is 14.1 Å². The van der Waals surface area contributed by atoms with Crippen LogP contribution in [0, 0.1) is 5.92 Å². The third-order valence-corrected chi connectivity index (χ3v) is 3.41. The Hall–Kier alpha value is -0.820.